The van der Waals surface area contributed by atoms with E-state index in [1.165, 1.54) is 20.0 Å². The van der Waals surface area contributed by atoms with Crippen molar-refractivity contribution in [2.75, 3.05) is 12.8 Å². The smallest absolute Gasteiger partial charge is 0.437 e. The lowest BCUT2D eigenvalue weighted by Gasteiger charge is -2.16. The molecule has 4 nitrogen and oxygen atoms in total. The van der Waals surface area contributed by atoms with E-state index >= 15 is 0 Å². The van der Waals surface area contributed by atoms with Gasteiger partial charge in [-0.15, -0.1) is 0 Å². The van der Waals surface area contributed by atoms with E-state index in [9.17, 15) is 4.79 Å². The minimum atomic E-state index is -0.740. The zero-order chi connectivity index (χ0) is 13.1. The van der Waals surface area contributed by atoms with E-state index in [0.29, 0.717) is 22.4 Å². The molecule has 0 unspecified atom stereocenters. The van der Waals surface area contributed by atoms with Gasteiger partial charge in [0.25, 0.3) is 0 Å². The van der Waals surface area contributed by atoms with Crippen LogP contribution in [0.25, 0.3) is 0 Å². The zero-order valence-electron chi connectivity index (χ0n) is 10.2. The van der Waals surface area contributed by atoms with Crippen LogP contribution in [0.3, 0.4) is 0 Å². The summed E-state index contributed by atoms with van der Waals surface area (Å²) in [4.78, 5) is 11.2. The first-order valence-corrected chi connectivity index (χ1v) is 6.34. The van der Waals surface area contributed by atoms with E-state index in [-0.39, 0.29) is 0 Å². The van der Waals surface area contributed by atoms with Crippen LogP contribution in [0.15, 0.2) is 12.1 Å². The molecule has 1 fully saturated rings. The van der Waals surface area contributed by atoms with Crippen LogP contribution in [0.5, 0.6) is 5.75 Å². The summed E-state index contributed by atoms with van der Waals surface area (Å²) in [6.45, 7) is 0. The lowest BCUT2D eigenvalue weighted by molar-refractivity contribution is 0.121. The fraction of sp³-hybridized carbons (Fsp3) is 0.462. The summed E-state index contributed by atoms with van der Waals surface area (Å²) in [5, 5.41) is 0.495. The van der Waals surface area contributed by atoms with Crippen LogP contribution in [0.1, 0.15) is 37.2 Å². The van der Waals surface area contributed by atoms with Crippen molar-refractivity contribution in [3.8, 4) is 5.75 Å². The van der Waals surface area contributed by atoms with E-state index in [1.807, 2.05) is 0 Å². The van der Waals surface area contributed by atoms with Gasteiger partial charge in [-0.2, -0.15) is 0 Å². The van der Waals surface area contributed by atoms with E-state index in [1.54, 1.807) is 12.1 Å². The van der Waals surface area contributed by atoms with Crippen LogP contribution >= 0.6 is 11.6 Å². The maximum Gasteiger partial charge on any atom is 0.513 e. The van der Waals surface area contributed by atoms with Crippen LogP contribution in [0, 0.1) is 0 Å². The Kier molecular flexibility index (Phi) is 3.97. The second-order valence-corrected chi connectivity index (χ2v) is 4.86. The first-order valence-electron chi connectivity index (χ1n) is 5.96. The van der Waals surface area contributed by atoms with Crippen molar-refractivity contribution in [3.63, 3.8) is 0 Å². The number of ether oxygens (including phenoxy) is 2. The number of anilines is 1. The Labute approximate surface area is 111 Å². The number of carbonyl (C=O) groups is 1. The standard InChI is InChI=1S/C13H16ClNO3/c1-17-13(16)18-12-7-11(15)10(14)6-9(12)8-4-2-3-5-8/h6-8H,2-5,15H2,1H3. The third kappa shape index (κ3) is 2.70. The Bertz CT molecular complexity index is 456. The van der Waals surface area contributed by atoms with Gasteiger partial charge in [0, 0.05) is 6.07 Å². The molecule has 18 heavy (non-hydrogen) atoms. The van der Waals surface area contributed by atoms with Crippen LogP contribution in [-0.4, -0.2) is 13.3 Å². The molecule has 0 spiro atoms. The van der Waals surface area contributed by atoms with Gasteiger partial charge in [-0.05, 0) is 30.4 Å². The van der Waals surface area contributed by atoms with Crippen molar-refractivity contribution in [2.24, 2.45) is 0 Å². The third-order valence-corrected chi connectivity index (χ3v) is 3.61. The topological polar surface area (TPSA) is 61.5 Å². The summed E-state index contributed by atoms with van der Waals surface area (Å²) in [6.07, 6.45) is 3.79. The molecule has 0 amide bonds. The number of methoxy groups -OCH3 is 1. The largest absolute Gasteiger partial charge is 0.513 e. The highest BCUT2D eigenvalue weighted by atomic mass is 35.5. The Morgan fingerprint density at radius 1 is 1.39 bits per heavy atom. The molecule has 0 atom stereocenters. The van der Waals surface area contributed by atoms with E-state index in [4.69, 9.17) is 22.1 Å². The predicted molar refractivity (Wildman–Crippen MR) is 70.1 cm³/mol. The second kappa shape index (κ2) is 5.48. The number of nitrogens with two attached hydrogens (primary N) is 1. The molecular weight excluding hydrogens is 254 g/mol. The van der Waals surface area contributed by atoms with Crippen LogP contribution in [-0.2, 0) is 4.74 Å². The van der Waals surface area contributed by atoms with Crippen molar-refractivity contribution in [1.82, 2.24) is 0 Å². The van der Waals surface area contributed by atoms with Gasteiger partial charge in [-0.1, -0.05) is 24.4 Å². The zero-order valence-corrected chi connectivity index (χ0v) is 11.0. The number of nitrogen functional groups attached to an aromatic ring is 1. The number of halogens is 1. The minimum Gasteiger partial charge on any atom is -0.437 e. The molecule has 2 N–H and O–H groups in total. The van der Waals surface area contributed by atoms with Crippen molar-refractivity contribution in [1.29, 1.82) is 0 Å². The number of carbonyl (C=O) groups excluding carboxylic acids is 1. The van der Waals surface area contributed by atoms with Crippen LogP contribution in [0.4, 0.5) is 10.5 Å². The van der Waals surface area contributed by atoms with Crippen LogP contribution in [0.2, 0.25) is 5.02 Å². The van der Waals surface area contributed by atoms with Gasteiger partial charge in [0.1, 0.15) is 5.75 Å². The molecule has 1 aromatic rings. The first kappa shape index (κ1) is 13.0. The van der Waals surface area contributed by atoms with E-state index in [0.717, 1.165) is 18.4 Å². The van der Waals surface area contributed by atoms with Crippen molar-refractivity contribution in [2.45, 2.75) is 31.6 Å². The minimum absolute atomic E-state index is 0.378. The number of benzene rings is 1. The molecule has 1 aliphatic rings. The average molecular weight is 270 g/mol. The monoisotopic (exact) mass is 269 g/mol. The van der Waals surface area contributed by atoms with Gasteiger partial charge in [0.2, 0.25) is 0 Å². The van der Waals surface area contributed by atoms with Gasteiger partial charge >= 0.3 is 6.16 Å². The molecule has 0 saturated heterocycles. The Morgan fingerprint density at radius 2 is 2.06 bits per heavy atom. The Balaban J connectivity index is 2.34. The van der Waals surface area contributed by atoms with Crippen molar-refractivity contribution >= 4 is 23.4 Å². The maximum absolute atomic E-state index is 11.2. The van der Waals surface area contributed by atoms with Gasteiger partial charge in [0.05, 0.1) is 17.8 Å². The van der Waals surface area contributed by atoms with Crippen molar-refractivity contribution < 1.29 is 14.3 Å². The summed E-state index contributed by atoms with van der Waals surface area (Å²) in [5.74, 6) is 0.832. The fourth-order valence-electron chi connectivity index (χ4n) is 2.36. The average Bonchev–Trinajstić information content (AvgIpc) is 2.87. The summed E-state index contributed by atoms with van der Waals surface area (Å²) in [6, 6.07) is 3.39. The van der Waals surface area contributed by atoms with E-state index < -0.39 is 6.16 Å². The predicted octanol–water partition coefficient (Wildman–Crippen LogP) is 3.73. The molecule has 1 aromatic carbocycles. The molecule has 1 aliphatic carbocycles. The van der Waals surface area contributed by atoms with Crippen molar-refractivity contribution in [3.05, 3.63) is 22.7 Å². The number of hydrogen-bond donors (Lipinski definition) is 1. The summed E-state index contributed by atoms with van der Waals surface area (Å²) >= 11 is 6.04. The lowest BCUT2D eigenvalue weighted by atomic mass is 9.96. The molecule has 0 bridgehead atoms. The Hall–Kier alpha value is -1.42. The number of hydrogen-bond acceptors (Lipinski definition) is 4. The molecule has 1 saturated carbocycles. The van der Waals surface area contributed by atoms with Crippen LogP contribution < -0.4 is 10.5 Å². The highest BCUT2D eigenvalue weighted by molar-refractivity contribution is 6.33. The molecule has 0 aliphatic heterocycles. The molecule has 98 valence electrons. The normalized spacial score (nSPS) is 15.7. The first-order chi connectivity index (χ1) is 8.61. The second-order valence-electron chi connectivity index (χ2n) is 4.45. The fourth-order valence-corrected chi connectivity index (χ4v) is 2.53. The highest BCUT2D eigenvalue weighted by Crippen LogP contribution is 2.41. The SMILES string of the molecule is COC(=O)Oc1cc(N)c(Cl)cc1C1CCCC1. The number of rotatable bonds is 2. The van der Waals surface area contributed by atoms with Gasteiger partial charge in [0.15, 0.2) is 0 Å². The van der Waals surface area contributed by atoms with Gasteiger partial charge in [-0.25, -0.2) is 4.79 Å². The molecule has 0 heterocycles. The summed E-state index contributed by atoms with van der Waals surface area (Å²) in [7, 11) is 1.27. The maximum atomic E-state index is 11.2. The molecular formula is C13H16ClNO3. The third-order valence-electron chi connectivity index (χ3n) is 3.28. The van der Waals surface area contributed by atoms with Gasteiger partial charge < -0.3 is 15.2 Å². The molecule has 0 radical (unpaired) electrons. The molecule has 2 rings (SSSR count). The Morgan fingerprint density at radius 3 is 2.67 bits per heavy atom. The molecule has 0 aromatic heterocycles. The highest BCUT2D eigenvalue weighted by Gasteiger charge is 2.23. The summed E-state index contributed by atoms with van der Waals surface area (Å²) < 4.78 is 9.65. The molecule has 5 heteroatoms. The lowest BCUT2D eigenvalue weighted by Crippen LogP contribution is -2.10. The van der Waals surface area contributed by atoms with Gasteiger partial charge in [-0.3, -0.25) is 0 Å². The quantitative estimate of drug-likeness (QED) is 0.505. The summed E-state index contributed by atoms with van der Waals surface area (Å²) in [5.41, 5.74) is 7.08. The van der Waals surface area contributed by atoms with E-state index in [2.05, 4.69) is 4.74 Å².